The Kier molecular flexibility index (Phi) is 7.38. The Morgan fingerprint density at radius 3 is 2.48 bits per heavy atom. The highest BCUT2D eigenvalue weighted by molar-refractivity contribution is 5.62. The van der Waals surface area contributed by atoms with E-state index in [9.17, 15) is 15.3 Å². The van der Waals surface area contributed by atoms with Gasteiger partial charge < -0.3 is 20.1 Å². The third-order valence-corrected chi connectivity index (χ3v) is 3.82. The number of rotatable bonds is 10. The first-order chi connectivity index (χ1) is 12.8. The van der Waals surface area contributed by atoms with E-state index < -0.39 is 5.60 Å². The van der Waals surface area contributed by atoms with Crippen molar-refractivity contribution in [1.82, 2.24) is 5.48 Å². The first-order valence-corrected chi connectivity index (χ1v) is 8.67. The fraction of sp³-hybridized carbons (Fsp3) is 0.333. The molecule has 0 aliphatic heterocycles. The Labute approximate surface area is 159 Å². The number of hydroxylamine groups is 1. The molecular weight excluding hydrogens is 346 g/mol. The van der Waals surface area contributed by atoms with Gasteiger partial charge in [-0.05, 0) is 48.7 Å². The van der Waals surface area contributed by atoms with Crippen LogP contribution in [0.3, 0.4) is 0 Å². The van der Waals surface area contributed by atoms with E-state index in [-0.39, 0.29) is 19.8 Å². The normalized spacial score (nSPS) is 11.3. The zero-order chi connectivity index (χ0) is 19.9. The summed E-state index contributed by atoms with van der Waals surface area (Å²) in [4.78, 5) is 5.25. The van der Waals surface area contributed by atoms with E-state index in [2.05, 4.69) is 12.1 Å². The topological polar surface area (TPSA) is 91.2 Å². The van der Waals surface area contributed by atoms with Crippen molar-refractivity contribution in [2.75, 3.05) is 6.61 Å². The van der Waals surface area contributed by atoms with Crippen LogP contribution in [0, 0.1) is 0 Å². The van der Waals surface area contributed by atoms with Gasteiger partial charge in [-0.1, -0.05) is 30.8 Å². The second kappa shape index (κ2) is 9.53. The molecule has 0 amide bonds. The number of nitrogens with one attached hydrogen (secondary N) is 1. The second-order valence-electron chi connectivity index (χ2n) is 6.92. The summed E-state index contributed by atoms with van der Waals surface area (Å²) in [5.41, 5.74) is 5.43. The second-order valence-corrected chi connectivity index (χ2v) is 6.92. The lowest BCUT2D eigenvalue weighted by Crippen LogP contribution is -2.29. The minimum atomic E-state index is -0.933. The SMILES string of the molecule is C=C(NOCC(C)(C)O)c1cccc(OCc2ccc(CO)c(CO)c2)c1. The molecule has 2 rings (SSSR count). The van der Waals surface area contributed by atoms with Gasteiger partial charge in [-0.2, -0.15) is 0 Å². The van der Waals surface area contributed by atoms with Crippen molar-refractivity contribution in [1.29, 1.82) is 0 Å². The summed E-state index contributed by atoms with van der Waals surface area (Å²) in [7, 11) is 0. The number of hydrogen-bond acceptors (Lipinski definition) is 6. The molecule has 6 heteroatoms. The third-order valence-electron chi connectivity index (χ3n) is 3.82. The Morgan fingerprint density at radius 1 is 1.07 bits per heavy atom. The van der Waals surface area contributed by atoms with E-state index in [1.807, 2.05) is 36.4 Å². The number of aliphatic hydroxyl groups excluding tert-OH is 2. The van der Waals surface area contributed by atoms with Crippen LogP contribution in [0.2, 0.25) is 0 Å². The Balaban J connectivity index is 1.96. The number of ether oxygens (including phenoxy) is 1. The van der Waals surface area contributed by atoms with E-state index in [0.717, 1.165) is 11.1 Å². The van der Waals surface area contributed by atoms with Crippen LogP contribution in [0.5, 0.6) is 5.75 Å². The van der Waals surface area contributed by atoms with Crippen LogP contribution in [-0.4, -0.2) is 27.5 Å². The molecule has 6 nitrogen and oxygen atoms in total. The highest BCUT2D eigenvalue weighted by atomic mass is 16.6. The molecule has 0 spiro atoms. The van der Waals surface area contributed by atoms with Gasteiger partial charge in [-0.15, -0.1) is 0 Å². The third kappa shape index (κ3) is 6.69. The zero-order valence-electron chi connectivity index (χ0n) is 15.7. The minimum Gasteiger partial charge on any atom is -0.489 e. The van der Waals surface area contributed by atoms with Crippen LogP contribution >= 0.6 is 0 Å². The lowest BCUT2D eigenvalue weighted by Gasteiger charge is -2.18. The molecule has 0 saturated carbocycles. The quantitative estimate of drug-likeness (QED) is 0.479. The van der Waals surface area contributed by atoms with Crippen molar-refractivity contribution in [3.63, 3.8) is 0 Å². The van der Waals surface area contributed by atoms with Crippen LogP contribution in [0.15, 0.2) is 49.0 Å². The molecule has 2 aromatic rings. The fourth-order valence-corrected chi connectivity index (χ4v) is 2.37. The van der Waals surface area contributed by atoms with Crippen LogP contribution in [-0.2, 0) is 24.7 Å². The zero-order valence-corrected chi connectivity index (χ0v) is 15.7. The molecule has 0 aromatic heterocycles. The number of aliphatic hydroxyl groups is 3. The van der Waals surface area contributed by atoms with Gasteiger partial charge in [0.15, 0.2) is 0 Å². The van der Waals surface area contributed by atoms with E-state index in [1.54, 1.807) is 19.9 Å². The molecule has 0 aliphatic carbocycles. The van der Waals surface area contributed by atoms with E-state index in [1.165, 1.54) is 0 Å². The maximum Gasteiger partial charge on any atom is 0.120 e. The minimum absolute atomic E-state index is 0.107. The van der Waals surface area contributed by atoms with Crippen molar-refractivity contribution in [3.05, 3.63) is 71.3 Å². The predicted molar refractivity (Wildman–Crippen MR) is 103 cm³/mol. The number of benzene rings is 2. The average Bonchev–Trinajstić information content (AvgIpc) is 2.65. The molecule has 0 fully saturated rings. The highest BCUT2D eigenvalue weighted by Gasteiger charge is 2.13. The molecule has 0 heterocycles. The van der Waals surface area contributed by atoms with Gasteiger partial charge in [-0.3, -0.25) is 10.3 Å². The van der Waals surface area contributed by atoms with Gasteiger partial charge in [0.1, 0.15) is 19.0 Å². The number of hydrogen-bond donors (Lipinski definition) is 4. The van der Waals surface area contributed by atoms with Gasteiger partial charge in [0, 0.05) is 5.56 Å². The van der Waals surface area contributed by atoms with E-state index >= 15 is 0 Å². The molecule has 0 atom stereocenters. The lowest BCUT2D eigenvalue weighted by atomic mass is 10.1. The largest absolute Gasteiger partial charge is 0.489 e. The van der Waals surface area contributed by atoms with E-state index in [0.29, 0.717) is 29.2 Å². The summed E-state index contributed by atoms with van der Waals surface area (Å²) >= 11 is 0. The van der Waals surface area contributed by atoms with Crippen LogP contribution in [0.4, 0.5) is 0 Å². The van der Waals surface area contributed by atoms with Gasteiger partial charge in [-0.25, -0.2) is 0 Å². The summed E-state index contributed by atoms with van der Waals surface area (Å²) in [6.45, 7) is 7.45. The maximum absolute atomic E-state index is 9.65. The van der Waals surface area contributed by atoms with Crippen molar-refractivity contribution in [3.8, 4) is 5.75 Å². The summed E-state index contributed by atoms with van der Waals surface area (Å²) in [5, 5.41) is 28.3. The Hall–Kier alpha value is -2.38. The monoisotopic (exact) mass is 373 g/mol. The van der Waals surface area contributed by atoms with Gasteiger partial charge in [0.05, 0.1) is 24.5 Å². The fourth-order valence-electron chi connectivity index (χ4n) is 2.37. The standard InChI is InChI=1S/C21H27NO5/c1-15(22-27-14-21(2,3)25)17-5-4-6-20(10-17)26-13-16-7-8-18(11-23)19(9-16)12-24/h4-10,22-25H,1,11-14H2,2-3H3. The first kappa shape index (κ1) is 20.9. The molecular formula is C21H27NO5. The molecule has 0 unspecified atom stereocenters. The van der Waals surface area contributed by atoms with Gasteiger partial charge >= 0.3 is 0 Å². The average molecular weight is 373 g/mol. The lowest BCUT2D eigenvalue weighted by molar-refractivity contribution is -0.0447. The summed E-state index contributed by atoms with van der Waals surface area (Å²) in [6, 6.07) is 12.9. The van der Waals surface area contributed by atoms with Crippen molar-refractivity contribution in [2.45, 2.75) is 39.3 Å². The predicted octanol–water partition coefficient (Wildman–Crippen LogP) is 2.51. The molecule has 146 valence electrons. The Bertz CT molecular complexity index is 767. The molecule has 2 aromatic carbocycles. The van der Waals surface area contributed by atoms with Crippen LogP contribution in [0.25, 0.3) is 5.70 Å². The molecule has 0 radical (unpaired) electrons. The highest BCUT2D eigenvalue weighted by Crippen LogP contribution is 2.20. The first-order valence-electron chi connectivity index (χ1n) is 8.67. The van der Waals surface area contributed by atoms with Crippen LogP contribution < -0.4 is 10.2 Å². The molecule has 27 heavy (non-hydrogen) atoms. The van der Waals surface area contributed by atoms with Gasteiger partial charge in [0.25, 0.3) is 0 Å². The molecule has 0 saturated heterocycles. The Morgan fingerprint density at radius 2 is 1.81 bits per heavy atom. The smallest absolute Gasteiger partial charge is 0.120 e. The van der Waals surface area contributed by atoms with Crippen molar-refractivity contribution < 1.29 is 24.9 Å². The van der Waals surface area contributed by atoms with Crippen LogP contribution in [0.1, 0.15) is 36.1 Å². The summed E-state index contributed by atoms with van der Waals surface area (Å²) < 4.78 is 5.82. The molecule has 0 aliphatic rings. The van der Waals surface area contributed by atoms with Gasteiger partial charge in [0.2, 0.25) is 0 Å². The van der Waals surface area contributed by atoms with Crippen molar-refractivity contribution in [2.24, 2.45) is 0 Å². The van der Waals surface area contributed by atoms with Crippen molar-refractivity contribution >= 4 is 5.70 Å². The summed E-state index contributed by atoms with van der Waals surface area (Å²) in [6.07, 6.45) is 0. The molecule has 4 N–H and O–H groups in total. The van der Waals surface area contributed by atoms with E-state index in [4.69, 9.17) is 9.57 Å². The maximum atomic E-state index is 9.65. The molecule has 0 bridgehead atoms. The summed E-state index contributed by atoms with van der Waals surface area (Å²) in [5.74, 6) is 0.662.